The number of nitrogens with one attached hydrogen (secondary N) is 1. The average molecular weight is 262 g/mol. The minimum Gasteiger partial charge on any atom is -0.353 e. The predicted octanol–water partition coefficient (Wildman–Crippen LogP) is 2.05. The molecule has 5 rings (SSSR count). The fourth-order valence-corrected chi connectivity index (χ4v) is 5.53. The fourth-order valence-electron chi connectivity index (χ4n) is 5.53. The SMILES string of the molecule is NC(CC(=O)NC1CC1)C1C2CC3CC(C2)CC1C3. The summed E-state index contributed by atoms with van der Waals surface area (Å²) in [6.45, 7) is 0. The molecule has 0 aliphatic heterocycles. The largest absolute Gasteiger partial charge is 0.353 e. The van der Waals surface area contributed by atoms with Gasteiger partial charge in [0, 0.05) is 18.5 Å². The van der Waals surface area contributed by atoms with Gasteiger partial charge in [-0.15, -0.1) is 0 Å². The smallest absolute Gasteiger partial charge is 0.221 e. The van der Waals surface area contributed by atoms with Gasteiger partial charge in [-0.2, -0.15) is 0 Å². The van der Waals surface area contributed by atoms with Crippen LogP contribution in [0.3, 0.4) is 0 Å². The number of amides is 1. The molecule has 0 aromatic heterocycles. The predicted molar refractivity (Wildman–Crippen MR) is 74.3 cm³/mol. The van der Waals surface area contributed by atoms with Crippen molar-refractivity contribution in [2.45, 2.75) is 63.5 Å². The minimum absolute atomic E-state index is 0.105. The van der Waals surface area contributed by atoms with Crippen LogP contribution in [0.25, 0.3) is 0 Å². The van der Waals surface area contributed by atoms with E-state index in [0.717, 1.165) is 23.7 Å². The van der Waals surface area contributed by atoms with Gasteiger partial charge < -0.3 is 11.1 Å². The second-order valence-electron chi connectivity index (χ2n) is 7.72. The third kappa shape index (κ3) is 2.31. The number of hydrogen-bond donors (Lipinski definition) is 2. The molecule has 3 heteroatoms. The van der Waals surface area contributed by atoms with Crippen molar-refractivity contribution < 1.29 is 4.79 Å². The average Bonchev–Trinajstić information content (AvgIpc) is 3.10. The lowest BCUT2D eigenvalue weighted by Gasteiger charge is -2.56. The number of hydrogen-bond acceptors (Lipinski definition) is 2. The first kappa shape index (κ1) is 12.2. The van der Waals surface area contributed by atoms with E-state index in [0.29, 0.717) is 18.4 Å². The number of carbonyl (C=O) groups is 1. The van der Waals surface area contributed by atoms with Gasteiger partial charge in [0.15, 0.2) is 0 Å². The monoisotopic (exact) mass is 262 g/mol. The Hall–Kier alpha value is -0.570. The third-order valence-corrected chi connectivity index (χ3v) is 6.16. The van der Waals surface area contributed by atoms with Gasteiger partial charge in [0.1, 0.15) is 0 Å². The molecule has 0 radical (unpaired) electrons. The summed E-state index contributed by atoms with van der Waals surface area (Å²) in [4.78, 5) is 11.9. The topological polar surface area (TPSA) is 55.1 Å². The highest BCUT2D eigenvalue weighted by molar-refractivity contribution is 5.77. The molecule has 1 unspecified atom stereocenters. The van der Waals surface area contributed by atoms with Gasteiger partial charge in [0.05, 0.1) is 0 Å². The van der Waals surface area contributed by atoms with E-state index in [-0.39, 0.29) is 11.9 Å². The van der Waals surface area contributed by atoms with Crippen molar-refractivity contribution in [3.05, 3.63) is 0 Å². The lowest BCUT2D eigenvalue weighted by molar-refractivity contribution is -0.123. The van der Waals surface area contributed by atoms with Crippen LogP contribution in [0.2, 0.25) is 0 Å². The summed E-state index contributed by atoms with van der Waals surface area (Å²) in [6, 6.07) is 0.576. The Morgan fingerprint density at radius 3 is 2.16 bits per heavy atom. The first-order chi connectivity index (χ1) is 9.19. The summed E-state index contributed by atoms with van der Waals surface area (Å²) in [7, 11) is 0. The highest BCUT2D eigenvalue weighted by Crippen LogP contribution is 2.57. The zero-order valence-electron chi connectivity index (χ0n) is 11.7. The standard InChI is InChI=1S/C16H26N2O/c17-14(8-15(19)18-13-1-2-13)16-11-4-9-3-10(6-11)7-12(16)5-9/h9-14,16H,1-8,17H2,(H,18,19). The van der Waals surface area contributed by atoms with E-state index >= 15 is 0 Å². The maximum absolute atomic E-state index is 11.9. The van der Waals surface area contributed by atoms with Crippen LogP contribution in [0.1, 0.15) is 51.4 Å². The number of rotatable bonds is 4. The molecule has 5 aliphatic carbocycles. The van der Waals surface area contributed by atoms with Crippen molar-refractivity contribution in [1.82, 2.24) is 5.32 Å². The Labute approximate surface area is 115 Å². The van der Waals surface area contributed by atoms with E-state index in [1.165, 1.54) is 44.9 Å². The Morgan fingerprint density at radius 2 is 1.63 bits per heavy atom. The Morgan fingerprint density at radius 1 is 1.05 bits per heavy atom. The molecule has 5 fully saturated rings. The first-order valence-electron chi connectivity index (χ1n) is 8.24. The van der Waals surface area contributed by atoms with Crippen LogP contribution in [0.15, 0.2) is 0 Å². The van der Waals surface area contributed by atoms with Crippen molar-refractivity contribution in [2.75, 3.05) is 0 Å². The molecule has 3 N–H and O–H groups in total. The first-order valence-corrected chi connectivity index (χ1v) is 8.24. The minimum atomic E-state index is 0.105. The lowest BCUT2D eigenvalue weighted by Crippen LogP contribution is -2.52. The summed E-state index contributed by atoms with van der Waals surface area (Å²) in [5.74, 6) is 4.49. The second kappa shape index (κ2) is 4.47. The zero-order valence-corrected chi connectivity index (χ0v) is 11.7. The van der Waals surface area contributed by atoms with Crippen molar-refractivity contribution in [3.8, 4) is 0 Å². The summed E-state index contributed by atoms with van der Waals surface area (Å²) in [5.41, 5.74) is 6.44. The molecule has 0 heterocycles. The summed E-state index contributed by atoms with van der Waals surface area (Å²) in [6.07, 6.45) is 9.97. The summed E-state index contributed by atoms with van der Waals surface area (Å²) < 4.78 is 0. The van der Waals surface area contributed by atoms with Crippen molar-refractivity contribution >= 4 is 5.91 Å². The molecule has 3 nitrogen and oxygen atoms in total. The lowest BCUT2D eigenvalue weighted by atomic mass is 9.50. The van der Waals surface area contributed by atoms with Gasteiger partial charge in [-0.05, 0) is 74.5 Å². The van der Waals surface area contributed by atoms with Gasteiger partial charge >= 0.3 is 0 Å². The second-order valence-corrected chi connectivity index (χ2v) is 7.72. The molecule has 1 amide bonds. The van der Waals surface area contributed by atoms with Crippen molar-refractivity contribution in [1.29, 1.82) is 0 Å². The summed E-state index contributed by atoms with van der Waals surface area (Å²) in [5, 5.41) is 3.09. The molecule has 5 saturated carbocycles. The number of carbonyl (C=O) groups excluding carboxylic acids is 1. The number of nitrogens with two attached hydrogens (primary N) is 1. The van der Waals surface area contributed by atoms with Crippen LogP contribution in [-0.4, -0.2) is 18.0 Å². The van der Waals surface area contributed by atoms with Crippen LogP contribution in [-0.2, 0) is 4.79 Å². The molecule has 5 aliphatic rings. The van der Waals surface area contributed by atoms with Gasteiger partial charge in [0.25, 0.3) is 0 Å². The Balaban J connectivity index is 1.39. The van der Waals surface area contributed by atoms with Crippen LogP contribution in [0, 0.1) is 29.6 Å². The van der Waals surface area contributed by atoms with Crippen molar-refractivity contribution in [2.24, 2.45) is 35.3 Å². The quantitative estimate of drug-likeness (QED) is 0.815. The highest BCUT2D eigenvalue weighted by atomic mass is 16.1. The van der Waals surface area contributed by atoms with Crippen LogP contribution < -0.4 is 11.1 Å². The molecule has 4 bridgehead atoms. The van der Waals surface area contributed by atoms with E-state index in [4.69, 9.17) is 5.73 Å². The van der Waals surface area contributed by atoms with E-state index in [1.54, 1.807) is 0 Å². The molecule has 106 valence electrons. The van der Waals surface area contributed by atoms with Crippen LogP contribution in [0.4, 0.5) is 0 Å². The maximum Gasteiger partial charge on any atom is 0.221 e. The van der Waals surface area contributed by atoms with E-state index in [2.05, 4.69) is 5.32 Å². The molecular weight excluding hydrogens is 236 g/mol. The van der Waals surface area contributed by atoms with Gasteiger partial charge in [-0.3, -0.25) is 4.79 Å². The molecule has 0 spiro atoms. The molecule has 0 aromatic rings. The van der Waals surface area contributed by atoms with Gasteiger partial charge in [-0.25, -0.2) is 0 Å². The maximum atomic E-state index is 11.9. The molecular formula is C16H26N2O. The van der Waals surface area contributed by atoms with Crippen LogP contribution in [0.5, 0.6) is 0 Å². The van der Waals surface area contributed by atoms with Crippen molar-refractivity contribution in [3.63, 3.8) is 0 Å². The Bertz CT molecular complexity index is 349. The summed E-state index contributed by atoms with van der Waals surface area (Å²) >= 11 is 0. The van der Waals surface area contributed by atoms with Gasteiger partial charge in [0.2, 0.25) is 5.91 Å². The van der Waals surface area contributed by atoms with Crippen LogP contribution >= 0.6 is 0 Å². The zero-order chi connectivity index (χ0) is 13.0. The van der Waals surface area contributed by atoms with E-state index in [9.17, 15) is 4.79 Å². The molecule has 0 saturated heterocycles. The normalized spacial score (nSPS) is 45.2. The highest BCUT2D eigenvalue weighted by Gasteiger charge is 2.50. The molecule has 1 atom stereocenters. The fraction of sp³-hybridized carbons (Fsp3) is 0.938. The van der Waals surface area contributed by atoms with E-state index < -0.39 is 0 Å². The third-order valence-electron chi connectivity index (χ3n) is 6.16. The molecule has 19 heavy (non-hydrogen) atoms. The van der Waals surface area contributed by atoms with Gasteiger partial charge in [-0.1, -0.05) is 0 Å². The van der Waals surface area contributed by atoms with E-state index in [1.807, 2.05) is 0 Å². The Kier molecular flexibility index (Phi) is 2.87. The molecule has 0 aromatic carbocycles.